The fourth-order valence-corrected chi connectivity index (χ4v) is 2.69. The molecule has 21 heavy (non-hydrogen) atoms. The fourth-order valence-electron chi connectivity index (χ4n) is 2.69. The number of phenolic OH excluding ortho intramolecular Hbond substituents is 1. The maximum absolute atomic E-state index is 9.43. The Morgan fingerprint density at radius 3 is 2.86 bits per heavy atom. The minimum atomic E-state index is 0.321. The van der Waals surface area contributed by atoms with Gasteiger partial charge in [0.2, 0.25) is 0 Å². The Hall–Kier alpha value is -2.26. The van der Waals surface area contributed by atoms with Gasteiger partial charge in [-0.2, -0.15) is 0 Å². The smallest absolute Gasteiger partial charge is 0.115 e. The van der Waals surface area contributed by atoms with Crippen molar-refractivity contribution in [3.63, 3.8) is 0 Å². The Balaban J connectivity index is 1.59. The number of aromatic amines is 1. The molecule has 108 valence electrons. The molecule has 0 aliphatic heterocycles. The van der Waals surface area contributed by atoms with Gasteiger partial charge in [-0.1, -0.05) is 30.3 Å². The molecule has 0 unspecified atom stereocenters. The summed E-state index contributed by atoms with van der Waals surface area (Å²) in [4.78, 5) is 3.36. The highest BCUT2D eigenvalue weighted by Crippen LogP contribution is 2.21. The first kappa shape index (κ1) is 13.7. The lowest BCUT2D eigenvalue weighted by atomic mass is 10.1. The molecule has 1 aromatic heterocycles. The summed E-state index contributed by atoms with van der Waals surface area (Å²) in [7, 11) is 0. The predicted molar refractivity (Wildman–Crippen MR) is 86.6 cm³/mol. The monoisotopic (exact) mass is 280 g/mol. The minimum absolute atomic E-state index is 0.321. The number of rotatable bonds is 5. The molecule has 3 aromatic rings. The Morgan fingerprint density at radius 1 is 1.14 bits per heavy atom. The molecule has 0 atom stereocenters. The van der Waals surface area contributed by atoms with Crippen LogP contribution < -0.4 is 5.32 Å². The molecule has 0 fully saturated rings. The van der Waals surface area contributed by atoms with Crippen LogP contribution in [0.1, 0.15) is 16.7 Å². The van der Waals surface area contributed by atoms with E-state index in [4.69, 9.17) is 0 Å². The van der Waals surface area contributed by atoms with Crippen LogP contribution in [-0.4, -0.2) is 16.6 Å². The largest absolute Gasteiger partial charge is 0.508 e. The van der Waals surface area contributed by atoms with Crippen molar-refractivity contribution in [2.45, 2.75) is 19.9 Å². The molecule has 3 nitrogen and oxygen atoms in total. The maximum atomic E-state index is 9.43. The molecule has 0 spiro atoms. The van der Waals surface area contributed by atoms with Crippen molar-refractivity contribution in [3.8, 4) is 5.75 Å². The number of benzene rings is 2. The highest BCUT2D eigenvalue weighted by atomic mass is 16.3. The third-order valence-corrected chi connectivity index (χ3v) is 3.82. The number of nitrogens with one attached hydrogen (secondary N) is 2. The van der Waals surface area contributed by atoms with Crippen molar-refractivity contribution in [2.75, 3.05) is 6.54 Å². The molecule has 3 N–H and O–H groups in total. The van der Waals surface area contributed by atoms with Crippen molar-refractivity contribution < 1.29 is 5.11 Å². The first-order valence-electron chi connectivity index (χ1n) is 7.28. The maximum Gasteiger partial charge on any atom is 0.115 e. The lowest BCUT2D eigenvalue weighted by Crippen LogP contribution is -2.16. The molecule has 1 heterocycles. The van der Waals surface area contributed by atoms with E-state index in [1.165, 1.54) is 22.0 Å². The fraction of sp³-hybridized carbons (Fsp3) is 0.222. The average Bonchev–Trinajstić information content (AvgIpc) is 2.88. The van der Waals surface area contributed by atoms with E-state index >= 15 is 0 Å². The highest BCUT2D eigenvalue weighted by molar-refractivity contribution is 5.85. The van der Waals surface area contributed by atoms with E-state index in [0.717, 1.165) is 25.1 Å². The number of aryl methyl sites for hydroxylation is 1. The molecule has 3 heteroatoms. The van der Waals surface area contributed by atoms with Gasteiger partial charge in [-0.3, -0.25) is 0 Å². The van der Waals surface area contributed by atoms with Gasteiger partial charge in [0.25, 0.3) is 0 Å². The Morgan fingerprint density at radius 2 is 2.00 bits per heavy atom. The second kappa shape index (κ2) is 6.02. The number of aromatic hydroxyl groups is 1. The van der Waals surface area contributed by atoms with Crippen molar-refractivity contribution in [1.29, 1.82) is 0 Å². The van der Waals surface area contributed by atoms with Gasteiger partial charge in [-0.25, -0.2) is 0 Å². The van der Waals surface area contributed by atoms with Crippen molar-refractivity contribution >= 4 is 10.9 Å². The molecule has 2 aromatic carbocycles. The first-order valence-corrected chi connectivity index (χ1v) is 7.28. The van der Waals surface area contributed by atoms with E-state index in [-0.39, 0.29) is 0 Å². The van der Waals surface area contributed by atoms with Crippen LogP contribution in [-0.2, 0) is 13.0 Å². The zero-order chi connectivity index (χ0) is 14.7. The quantitative estimate of drug-likeness (QED) is 0.626. The summed E-state index contributed by atoms with van der Waals surface area (Å²) in [6.45, 7) is 3.81. The van der Waals surface area contributed by atoms with Gasteiger partial charge in [-0.05, 0) is 48.7 Å². The molecule has 0 saturated carbocycles. The second-order valence-corrected chi connectivity index (χ2v) is 5.41. The second-order valence-electron chi connectivity index (χ2n) is 5.41. The van der Waals surface area contributed by atoms with Gasteiger partial charge in [0.05, 0.1) is 0 Å². The first-order chi connectivity index (χ1) is 10.2. The highest BCUT2D eigenvalue weighted by Gasteiger charge is 2.04. The minimum Gasteiger partial charge on any atom is -0.508 e. The average molecular weight is 280 g/mol. The van der Waals surface area contributed by atoms with Crippen LogP contribution in [0.25, 0.3) is 10.9 Å². The summed E-state index contributed by atoms with van der Waals surface area (Å²) in [6, 6.07) is 13.8. The lowest BCUT2D eigenvalue weighted by molar-refractivity contribution is 0.474. The zero-order valence-electron chi connectivity index (χ0n) is 12.2. The summed E-state index contributed by atoms with van der Waals surface area (Å²) in [5.41, 5.74) is 4.97. The van der Waals surface area contributed by atoms with Gasteiger partial charge in [0.1, 0.15) is 5.75 Å². The summed E-state index contributed by atoms with van der Waals surface area (Å²) in [6.07, 6.45) is 3.09. The van der Waals surface area contributed by atoms with Crippen LogP contribution in [0.5, 0.6) is 5.75 Å². The van der Waals surface area contributed by atoms with Crippen LogP contribution in [0.4, 0.5) is 0 Å². The standard InChI is InChI=1S/C18H20N2O/c1-13-4-2-7-17-15(12-20-18(13)17)8-9-19-11-14-5-3-6-16(21)10-14/h2-7,10,12,19-21H,8-9,11H2,1H3. The third-order valence-electron chi connectivity index (χ3n) is 3.82. The van der Waals surface area contributed by atoms with Crippen molar-refractivity contribution in [3.05, 3.63) is 65.4 Å². The molecule has 3 rings (SSSR count). The summed E-state index contributed by atoms with van der Waals surface area (Å²) in [5.74, 6) is 0.321. The predicted octanol–water partition coefficient (Wildman–Crippen LogP) is 3.51. The molecule has 0 aliphatic carbocycles. The normalized spacial score (nSPS) is 11.1. The molecule has 0 amide bonds. The van der Waals surface area contributed by atoms with E-state index < -0.39 is 0 Å². The lowest BCUT2D eigenvalue weighted by Gasteiger charge is -2.05. The molecule has 0 bridgehead atoms. The van der Waals surface area contributed by atoms with E-state index in [1.807, 2.05) is 12.1 Å². The number of para-hydroxylation sites is 1. The van der Waals surface area contributed by atoms with Crippen LogP contribution in [0.2, 0.25) is 0 Å². The van der Waals surface area contributed by atoms with Crippen LogP contribution in [0.15, 0.2) is 48.7 Å². The topological polar surface area (TPSA) is 48.0 Å². The molecular formula is C18H20N2O. The summed E-state index contributed by atoms with van der Waals surface area (Å²) < 4.78 is 0. The Labute approximate surface area is 124 Å². The summed E-state index contributed by atoms with van der Waals surface area (Å²) >= 11 is 0. The number of H-pyrrole nitrogens is 1. The van der Waals surface area contributed by atoms with Crippen molar-refractivity contribution in [2.24, 2.45) is 0 Å². The number of hydrogen-bond acceptors (Lipinski definition) is 2. The number of fused-ring (bicyclic) bond motifs is 1. The zero-order valence-corrected chi connectivity index (χ0v) is 12.2. The van der Waals surface area contributed by atoms with Gasteiger partial charge in [-0.15, -0.1) is 0 Å². The van der Waals surface area contributed by atoms with E-state index in [9.17, 15) is 5.11 Å². The third kappa shape index (κ3) is 3.09. The van der Waals surface area contributed by atoms with Crippen LogP contribution in [0, 0.1) is 6.92 Å². The van der Waals surface area contributed by atoms with Gasteiger partial charge in [0.15, 0.2) is 0 Å². The molecular weight excluding hydrogens is 260 g/mol. The SMILES string of the molecule is Cc1cccc2c(CCNCc3cccc(O)c3)c[nH]c12. The van der Waals surface area contributed by atoms with Crippen molar-refractivity contribution in [1.82, 2.24) is 10.3 Å². The number of phenols is 1. The Bertz CT molecular complexity index is 746. The summed E-state index contributed by atoms with van der Waals surface area (Å²) in [5, 5.41) is 14.2. The Kier molecular flexibility index (Phi) is 3.93. The number of aromatic nitrogens is 1. The molecule has 0 saturated heterocycles. The van der Waals surface area contributed by atoms with Gasteiger partial charge in [0, 0.05) is 23.6 Å². The van der Waals surface area contributed by atoms with Gasteiger partial charge >= 0.3 is 0 Å². The van der Waals surface area contributed by atoms with E-state index in [1.54, 1.807) is 12.1 Å². The van der Waals surface area contributed by atoms with Gasteiger partial charge < -0.3 is 15.4 Å². The molecule has 0 aliphatic rings. The van der Waals surface area contributed by atoms with E-state index in [2.05, 4.69) is 41.6 Å². The van der Waals surface area contributed by atoms with E-state index in [0.29, 0.717) is 5.75 Å². The van der Waals surface area contributed by atoms with Crippen LogP contribution in [0.3, 0.4) is 0 Å². The molecule has 0 radical (unpaired) electrons. The number of hydrogen-bond donors (Lipinski definition) is 3. The van der Waals surface area contributed by atoms with Crippen LogP contribution >= 0.6 is 0 Å².